The molecule has 5 heteroatoms. The molecule has 0 bridgehead atoms. The Morgan fingerprint density at radius 1 is 1.28 bits per heavy atom. The Bertz CT molecular complexity index is 464. The lowest BCUT2D eigenvalue weighted by Gasteiger charge is -2.28. The van der Waals surface area contributed by atoms with Crippen molar-refractivity contribution >= 4 is 17.3 Å². The van der Waals surface area contributed by atoms with Crippen LogP contribution in [0.1, 0.15) is 19.3 Å². The number of halogens is 1. The Balaban J connectivity index is 2.09. The molecule has 4 nitrogen and oxygen atoms in total. The van der Waals surface area contributed by atoms with E-state index in [1.165, 1.54) is 23.9 Å². The monoisotopic (exact) mass is 267 g/mol. The summed E-state index contributed by atoms with van der Waals surface area (Å²) in [4.78, 5) is 14.1. The van der Waals surface area contributed by atoms with Crippen LogP contribution in [-0.2, 0) is 6.54 Å². The first-order chi connectivity index (χ1) is 8.81. The second-order valence-corrected chi connectivity index (χ2v) is 4.72. The zero-order valence-corrected chi connectivity index (χ0v) is 11.1. The number of rotatable bonds is 4. The number of anilines is 1. The highest BCUT2D eigenvalue weighted by atomic mass is 35.5. The SMILES string of the molecule is O=c1cc(N2CCCCC2)cnn1C/C=C/CCl. The summed E-state index contributed by atoms with van der Waals surface area (Å²) in [7, 11) is 0. The summed E-state index contributed by atoms with van der Waals surface area (Å²) in [5, 5.41) is 4.19. The fraction of sp³-hybridized carbons (Fsp3) is 0.538. The molecule has 1 saturated heterocycles. The molecule has 0 amide bonds. The van der Waals surface area contributed by atoms with E-state index in [0.29, 0.717) is 12.4 Å². The Labute approximate surface area is 112 Å². The summed E-state index contributed by atoms with van der Waals surface area (Å²) >= 11 is 5.53. The third-order valence-corrected chi connectivity index (χ3v) is 3.29. The molecule has 2 rings (SSSR count). The van der Waals surface area contributed by atoms with E-state index in [-0.39, 0.29) is 5.56 Å². The number of piperidine rings is 1. The molecule has 1 aliphatic heterocycles. The van der Waals surface area contributed by atoms with Crippen LogP contribution in [0.3, 0.4) is 0 Å². The largest absolute Gasteiger partial charge is 0.370 e. The Morgan fingerprint density at radius 2 is 2.06 bits per heavy atom. The van der Waals surface area contributed by atoms with Crippen molar-refractivity contribution in [3.63, 3.8) is 0 Å². The van der Waals surface area contributed by atoms with Gasteiger partial charge in [0, 0.05) is 25.0 Å². The topological polar surface area (TPSA) is 38.1 Å². The van der Waals surface area contributed by atoms with Crippen molar-refractivity contribution in [1.29, 1.82) is 0 Å². The highest BCUT2D eigenvalue weighted by molar-refractivity contribution is 6.18. The van der Waals surface area contributed by atoms with Crippen LogP contribution in [0, 0.1) is 0 Å². The van der Waals surface area contributed by atoms with Crippen molar-refractivity contribution < 1.29 is 0 Å². The van der Waals surface area contributed by atoms with E-state index < -0.39 is 0 Å². The highest BCUT2D eigenvalue weighted by Crippen LogP contribution is 2.16. The van der Waals surface area contributed by atoms with E-state index in [0.717, 1.165) is 18.8 Å². The van der Waals surface area contributed by atoms with Crippen LogP contribution in [0.25, 0.3) is 0 Å². The van der Waals surface area contributed by atoms with E-state index >= 15 is 0 Å². The summed E-state index contributed by atoms with van der Waals surface area (Å²) in [6, 6.07) is 1.67. The molecule has 0 atom stereocenters. The third kappa shape index (κ3) is 3.35. The summed E-state index contributed by atoms with van der Waals surface area (Å²) in [6.07, 6.45) is 9.12. The van der Waals surface area contributed by atoms with Gasteiger partial charge >= 0.3 is 0 Å². The van der Waals surface area contributed by atoms with Crippen LogP contribution < -0.4 is 10.5 Å². The zero-order valence-electron chi connectivity index (χ0n) is 10.4. The average molecular weight is 268 g/mol. The molecule has 0 unspecified atom stereocenters. The van der Waals surface area contributed by atoms with E-state index in [1.807, 2.05) is 12.2 Å². The highest BCUT2D eigenvalue weighted by Gasteiger charge is 2.12. The lowest BCUT2D eigenvalue weighted by molar-refractivity contribution is 0.572. The molecule has 0 radical (unpaired) electrons. The summed E-state index contributed by atoms with van der Waals surface area (Å²) in [5.41, 5.74) is 0.884. The maximum Gasteiger partial charge on any atom is 0.269 e. The molecule has 0 aliphatic carbocycles. The molecule has 0 saturated carbocycles. The van der Waals surface area contributed by atoms with E-state index in [9.17, 15) is 4.79 Å². The first-order valence-corrected chi connectivity index (χ1v) is 6.88. The molecular formula is C13H18ClN3O. The Morgan fingerprint density at radius 3 is 2.72 bits per heavy atom. The van der Waals surface area contributed by atoms with Crippen LogP contribution >= 0.6 is 11.6 Å². The van der Waals surface area contributed by atoms with Gasteiger partial charge in [0.25, 0.3) is 5.56 Å². The Hall–Kier alpha value is -1.29. The zero-order chi connectivity index (χ0) is 12.8. The fourth-order valence-electron chi connectivity index (χ4n) is 2.12. The normalized spacial score (nSPS) is 16.4. The molecule has 1 fully saturated rings. The van der Waals surface area contributed by atoms with Gasteiger partial charge in [-0.25, -0.2) is 4.68 Å². The van der Waals surface area contributed by atoms with Gasteiger partial charge in [0.15, 0.2) is 0 Å². The van der Waals surface area contributed by atoms with Crippen molar-refractivity contribution in [3.8, 4) is 0 Å². The molecule has 18 heavy (non-hydrogen) atoms. The van der Waals surface area contributed by atoms with Crippen LogP contribution in [0.15, 0.2) is 29.2 Å². The Kier molecular flexibility index (Phi) is 4.81. The van der Waals surface area contributed by atoms with E-state index in [2.05, 4.69) is 10.00 Å². The quantitative estimate of drug-likeness (QED) is 0.619. The van der Waals surface area contributed by atoms with Gasteiger partial charge in [-0.2, -0.15) is 5.10 Å². The van der Waals surface area contributed by atoms with Crippen molar-refractivity contribution in [1.82, 2.24) is 9.78 Å². The van der Waals surface area contributed by atoms with Gasteiger partial charge in [-0.05, 0) is 19.3 Å². The van der Waals surface area contributed by atoms with Gasteiger partial charge in [0.05, 0.1) is 18.4 Å². The number of hydrogen-bond donors (Lipinski definition) is 0. The second-order valence-electron chi connectivity index (χ2n) is 4.41. The second kappa shape index (κ2) is 6.59. The lowest BCUT2D eigenvalue weighted by Crippen LogP contribution is -2.32. The van der Waals surface area contributed by atoms with Crippen LogP contribution in [0.4, 0.5) is 5.69 Å². The van der Waals surface area contributed by atoms with Crippen LogP contribution in [0.2, 0.25) is 0 Å². The van der Waals surface area contributed by atoms with Gasteiger partial charge < -0.3 is 4.90 Å². The van der Waals surface area contributed by atoms with Gasteiger partial charge in [-0.1, -0.05) is 12.2 Å². The minimum atomic E-state index is -0.0581. The number of allylic oxidation sites excluding steroid dienone is 2. The maximum absolute atomic E-state index is 11.9. The van der Waals surface area contributed by atoms with Gasteiger partial charge in [-0.15, -0.1) is 11.6 Å². The molecule has 1 aromatic heterocycles. The molecule has 0 aromatic carbocycles. The molecule has 1 aromatic rings. The van der Waals surface area contributed by atoms with E-state index in [1.54, 1.807) is 12.3 Å². The van der Waals surface area contributed by atoms with Gasteiger partial charge in [0.1, 0.15) is 0 Å². The standard InChI is InChI=1S/C13H18ClN3O/c14-6-2-5-9-17-13(18)10-12(11-15-17)16-7-3-1-4-8-16/h2,5,10-11H,1,3-4,6-9H2/b5-2+. The molecule has 98 valence electrons. The van der Waals surface area contributed by atoms with Gasteiger partial charge in [0.2, 0.25) is 0 Å². The predicted molar refractivity (Wildman–Crippen MR) is 74.4 cm³/mol. The van der Waals surface area contributed by atoms with Crippen molar-refractivity contribution in [2.45, 2.75) is 25.8 Å². The fourth-order valence-corrected chi connectivity index (χ4v) is 2.25. The first-order valence-electron chi connectivity index (χ1n) is 6.34. The molecule has 0 spiro atoms. The minimum Gasteiger partial charge on any atom is -0.370 e. The summed E-state index contributed by atoms with van der Waals surface area (Å²) in [6.45, 7) is 2.53. The molecule has 0 N–H and O–H groups in total. The smallest absolute Gasteiger partial charge is 0.269 e. The summed E-state index contributed by atoms with van der Waals surface area (Å²) in [5.74, 6) is 0.459. The number of nitrogens with zero attached hydrogens (tertiary/aromatic N) is 3. The molecular weight excluding hydrogens is 250 g/mol. The lowest BCUT2D eigenvalue weighted by atomic mass is 10.1. The van der Waals surface area contributed by atoms with E-state index in [4.69, 9.17) is 11.6 Å². The molecule has 2 heterocycles. The average Bonchev–Trinajstić information content (AvgIpc) is 2.42. The molecule has 1 aliphatic rings. The maximum atomic E-state index is 11.9. The number of hydrogen-bond acceptors (Lipinski definition) is 3. The van der Waals surface area contributed by atoms with Crippen molar-refractivity contribution in [3.05, 3.63) is 34.8 Å². The first kappa shape index (κ1) is 13.1. The van der Waals surface area contributed by atoms with Gasteiger partial charge in [-0.3, -0.25) is 4.79 Å². The predicted octanol–water partition coefficient (Wildman–Crippen LogP) is 2.03. The third-order valence-electron chi connectivity index (χ3n) is 3.11. The summed E-state index contributed by atoms with van der Waals surface area (Å²) < 4.78 is 1.44. The minimum absolute atomic E-state index is 0.0581. The van der Waals surface area contributed by atoms with Crippen LogP contribution in [0.5, 0.6) is 0 Å². The number of alkyl halides is 1. The van der Waals surface area contributed by atoms with Crippen molar-refractivity contribution in [2.24, 2.45) is 0 Å². The number of aromatic nitrogens is 2. The van der Waals surface area contributed by atoms with Crippen molar-refractivity contribution in [2.75, 3.05) is 23.9 Å². The van der Waals surface area contributed by atoms with Crippen LogP contribution in [-0.4, -0.2) is 28.8 Å².